The van der Waals surface area contributed by atoms with Gasteiger partial charge in [0.05, 0.1) is 4.90 Å². The molecule has 148 valence electrons. The molecule has 1 aliphatic carbocycles. The Hall–Kier alpha value is -1.15. The van der Waals surface area contributed by atoms with Gasteiger partial charge in [-0.05, 0) is 37.5 Å². The molecule has 0 heterocycles. The minimum absolute atomic E-state index is 0. The third kappa shape index (κ3) is 7.23. The number of carbonyl (C=O) groups excluding carboxylic acids is 1. The van der Waals surface area contributed by atoms with Crippen LogP contribution in [-0.4, -0.2) is 33.5 Å². The van der Waals surface area contributed by atoms with Gasteiger partial charge < -0.3 is 10.6 Å². The van der Waals surface area contributed by atoms with E-state index in [0.717, 1.165) is 5.56 Å². The first kappa shape index (κ1) is 22.9. The highest BCUT2D eigenvalue weighted by molar-refractivity contribution is 7.89. The minimum atomic E-state index is -3.59. The number of rotatable bonds is 7. The lowest BCUT2D eigenvalue weighted by atomic mass is 10.1. The molecule has 1 saturated carbocycles. The maximum absolute atomic E-state index is 12.4. The molecule has 0 aromatic heterocycles. The van der Waals surface area contributed by atoms with Crippen LogP contribution in [0.5, 0.6) is 0 Å². The quantitative estimate of drug-likeness (QED) is 0.482. The lowest BCUT2D eigenvalue weighted by molar-refractivity contribution is -0.114. The number of hydrogen-bond acceptors (Lipinski definition) is 4. The molecule has 1 aromatic carbocycles. The predicted octanol–water partition coefficient (Wildman–Crippen LogP) is 2.97. The lowest BCUT2D eigenvalue weighted by Crippen LogP contribution is -2.36. The first-order valence-electron chi connectivity index (χ1n) is 9.00. The number of aryl methyl sites for hydroxylation is 1. The SMILES string of the molecule is CC(=O)Nc1cc(S(=O)(=O)NCCNC2CCCCCC2)ccc1C.Cl. The maximum Gasteiger partial charge on any atom is 0.240 e. The van der Waals surface area contributed by atoms with Crippen molar-refractivity contribution >= 4 is 34.0 Å². The van der Waals surface area contributed by atoms with E-state index in [2.05, 4.69) is 15.4 Å². The summed E-state index contributed by atoms with van der Waals surface area (Å²) in [5.41, 5.74) is 1.34. The van der Waals surface area contributed by atoms with Gasteiger partial charge in [0.25, 0.3) is 0 Å². The van der Waals surface area contributed by atoms with Crippen LogP contribution in [0.4, 0.5) is 5.69 Å². The minimum Gasteiger partial charge on any atom is -0.326 e. The van der Waals surface area contributed by atoms with Gasteiger partial charge in [0.2, 0.25) is 15.9 Å². The Labute approximate surface area is 163 Å². The van der Waals surface area contributed by atoms with E-state index in [0.29, 0.717) is 24.8 Å². The fraction of sp³-hybridized carbons (Fsp3) is 0.611. The number of amides is 1. The molecule has 8 heteroatoms. The summed E-state index contributed by atoms with van der Waals surface area (Å²) >= 11 is 0. The Morgan fingerprint density at radius 3 is 2.38 bits per heavy atom. The summed E-state index contributed by atoms with van der Waals surface area (Å²) in [7, 11) is -3.59. The normalized spacial score (nSPS) is 15.8. The lowest BCUT2D eigenvalue weighted by Gasteiger charge is -2.16. The molecule has 26 heavy (non-hydrogen) atoms. The van der Waals surface area contributed by atoms with Crippen molar-refractivity contribution in [2.75, 3.05) is 18.4 Å². The van der Waals surface area contributed by atoms with Gasteiger partial charge in [-0.1, -0.05) is 31.7 Å². The predicted molar refractivity (Wildman–Crippen MR) is 107 cm³/mol. The van der Waals surface area contributed by atoms with Gasteiger partial charge in [-0.2, -0.15) is 0 Å². The molecular weight excluding hydrogens is 374 g/mol. The van der Waals surface area contributed by atoms with Gasteiger partial charge in [-0.3, -0.25) is 4.79 Å². The molecule has 0 bridgehead atoms. The second-order valence-corrected chi connectivity index (χ2v) is 8.47. The molecule has 0 atom stereocenters. The largest absolute Gasteiger partial charge is 0.326 e. The number of nitrogens with one attached hydrogen (secondary N) is 3. The summed E-state index contributed by atoms with van der Waals surface area (Å²) < 4.78 is 27.5. The first-order chi connectivity index (χ1) is 11.9. The van der Waals surface area contributed by atoms with Gasteiger partial charge in [0.15, 0.2) is 0 Å². The van der Waals surface area contributed by atoms with Gasteiger partial charge in [-0.25, -0.2) is 13.1 Å². The number of benzene rings is 1. The molecule has 0 unspecified atom stereocenters. The van der Waals surface area contributed by atoms with Crippen molar-refractivity contribution < 1.29 is 13.2 Å². The summed E-state index contributed by atoms with van der Waals surface area (Å²) in [5.74, 6) is -0.224. The Morgan fingerprint density at radius 1 is 1.12 bits per heavy atom. The highest BCUT2D eigenvalue weighted by Gasteiger charge is 2.16. The third-order valence-corrected chi connectivity index (χ3v) is 5.99. The van der Waals surface area contributed by atoms with E-state index in [1.165, 1.54) is 51.5 Å². The van der Waals surface area contributed by atoms with Gasteiger partial charge in [0, 0.05) is 31.7 Å². The second kappa shape index (κ2) is 10.9. The molecule has 0 aliphatic heterocycles. The highest BCUT2D eigenvalue weighted by atomic mass is 35.5. The number of sulfonamides is 1. The van der Waals surface area contributed by atoms with E-state index in [9.17, 15) is 13.2 Å². The molecular formula is C18H30ClN3O3S. The van der Waals surface area contributed by atoms with E-state index in [1.54, 1.807) is 12.1 Å². The Balaban J connectivity index is 0.00000338. The van der Waals surface area contributed by atoms with E-state index >= 15 is 0 Å². The third-order valence-electron chi connectivity index (χ3n) is 4.54. The second-order valence-electron chi connectivity index (χ2n) is 6.70. The summed E-state index contributed by atoms with van der Waals surface area (Å²) in [6.45, 7) is 4.19. The average Bonchev–Trinajstić information content (AvgIpc) is 2.82. The van der Waals surface area contributed by atoms with Crippen LogP contribution in [0, 0.1) is 6.92 Å². The molecule has 0 radical (unpaired) electrons. The average molecular weight is 404 g/mol. The monoisotopic (exact) mass is 403 g/mol. The molecule has 1 fully saturated rings. The van der Waals surface area contributed by atoms with Crippen LogP contribution in [0.3, 0.4) is 0 Å². The number of hydrogen-bond donors (Lipinski definition) is 3. The molecule has 1 aliphatic rings. The fourth-order valence-electron chi connectivity index (χ4n) is 3.12. The zero-order chi connectivity index (χ0) is 18.3. The summed E-state index contributed by atoms with van der Waals surface area (Å²) in [6.07, 6.45) is 7.44. The van der Waals surface area contributed by atoms with Crippen molar-refractivity contribution in [2.45, 2.75) is 63.3 Å². The van der Waals surface area contributed by atoms with Crippen LogP contribution >= 0.6 is 12.4 Å². The Bertz CT molecular complexity index is 687. The van der Waals surface area contributed by atoms with Crippen molar-refractivity contribution in [2.24, 2.45) is 0 Å². The molecule has 3 N–H and O–H groups in total. The molecule has 6 nitrogen and oxygen atoms in total. The fourth-order valence-corrected chi connectivity index (χ4v) is 4.18. The van der Waals surface area contributed by atoms with Gasteiger partial charge >= 0.3 is 0 Å². The van der Waals surface area contributed by atoms with E-state index in [4.69, 9.17) is 0 Å². The van der Waals surface area contributed by atoms with Crippen LogP contribution in [0.2, 0.25) is 0 Å². The van der Waals surface area contributed by atoms with Crippen LogP contribution in [-0.2, 0) is 14.8 Å². The van der Waals surface area contributed by atoms with Gasteiger partial charge in [0.1, 0.15) is 0 Å². The smallest absolute Gasteiger partial charge is 0.240 e. The molecule has 0 saturated heterocycles. The number of carbonyl (C=O) groups is 1. The summed E-state index contributed by atoms with van der Waals surface area (Å²) in [4.78, 5) is 11.4. The standard InChI is InChI=1S/C18H29N3O3S.ClH/c1-14-9-10-17(13-18(14)21-15(2)22)25(23,24)20-12-11-19-16-7-5-3-4-6-8-16;/h9-10,13,16,19-20H,3-8,11-12H2,1-2H3,(H,21,22);1H. The van der Waals surface area contributed by atoms with Crippen molar-refractivity contribution in [3.8, 4) is 0 Å². The Morgan fingerprint density at radius 2 is 1.77 bits per heavy atom. The van der Waals surface area contributed by atoms with Crippen molar-refractivity contribution in [3.63, 3.8) is 0 Å². The zero-order valence-corrected chi connectivity index (χ0v) is 17.1. The first-order valence-corrected chi connectivity index (χ1v) is 10.5. The molecule has 1 aromatic rings. The topological polar surface area (TPSA) is 87.3 Å². The molecule has 1 amide bonds. The summed E-state index contributed by atoms with van der Waals surface area (Å²) in [5, 5.41) is 6.11. The van der Waals surface area contributed by atoms with E-state index in [1.807, 2.05) is 6.92 Å². The zero-order valence-electron chi connectivity index (χ0n) is 15.5. The van der Waals surface area contributed by atoms with Crippen LogP contribution in [0.15, 0.2) is 23.1 Å². The molecule has 0 spiro atoms. The van der Waals surface area contributed by atoms with Crippen LogP contribution in [0.1, 0.15) is 51.0 Å². The van der Waals surface area contributed by atoms with Crippen molar-refractivity contribution in [1.82, 2.24) is 10.0 Å². The number of halogens is 1. The number of anilines is 1. The van der Waals surface area contributed by atoms with Crippen molar-refractivity contribution in [3.05, 3.63) is 23.8 Å². The Kier molecular flexibility index (Phi) is 9.57. The summed E-state index contributed by atoms with van der Waals surface area (Å²) in [6, 6.07) is 5.25. The highest BCUT2D eigenvalue weighted by Crippen LogP contribution is 2.20. The van der Waals surface area contributed by atoms with E-state index < -0.39 is 10.0 Å². The maximum atomic E-state index is 12.4. The van der Waals surface area contributed by atoms with Crippen molar-refractivity contribution in [1.29, 1.82) is 0 Å². The van der Waals surface area contributed by atoms with Crippen LogP contribution < -0.4 is 15.4 Å². The van der Waals surface area contributed by atoms with E-state index in [-0.39, 0.29) is 23.2 Å². The van der Waals surface area contributed by atoms with Crippen LogP contribution in [0.25, 0.3) is 0 Å². The van der Waals surface area contributed by atoms with Gasteiger partial charge in [-0.15, -0.1) is 12.4 Å². The molecule has 2 rings (SSSR count).